The van der Waals surface area contributed by atoms with Crippen molar-refractivity contribution in [1.29, 1.82) is 0 Å². The van der Waals surface area contributed by atoms with E-state index in [1.165, 1.54) is 11.3 Å². The number of nitrogens with zero attached hydrogens (tertiary/aromatic N) is 1. The second-order valence-electron chi connectivity index (χ2n) is 6.12. The van der Waals surface area contributed by atoms with Crippen LogP contribution in [0.25, 0.3) is 0 Å². The molecule has 0 saturated carbocycles. The number of benzene rings is 1. The highest BCUT2D eigenvalue weighted by Crippen LogP contribution is 2.26. The van der Waals surface area contributed by atoms with Crippen molar-refractivity contribution in [1.82, 2.24) is 4.90 Å². The highest BCUT2D eigenvalue weighted by Gasteiger charge is 2.27. The lowest BCUT2D eigenvalue weighted by Gasteiger charge is -2.31. The molecule has 1 unspecified atom stereocenters. The van der Waals surface area contributed by atoms with Crippen LogP contribution in [0.5, 0.6) is 0 Å². The van der Waals surface area contributed by atoms with Gasteiger partial charge in [0.1, 0.15) is 0 Å². The number of carbonyl (C=O) groups is 3. The third-order valence-corrected chi connectivity index (χ3v) is 5.52. The average Bonchev–Trinajstić information content (AvgIpc) is 3.18. The number of nitrogens with one attached hydrogen (secondary N) is 1. The highest BCUT2D eigenvalue weighted by molar-refractivity contribution is 7.12. The maximum atomic E-state index is 12.8. The van der Waals surface area contributed by atoms with Crippen molar-refractivity contribution in [3.8, 4) is 0 Å². The van der Waals surface area contributed by atoms with E-state index in [-0.39, 0.29) is 23.6 Å². The van der Waals surface area contributed by atoms with E-state index in [4.69, 9.17) is 17.3 Å². The van der Waals surface area contributed by atoms with Gasteiger partial charge >= 0.3 is 0 Å². The number of likely N-dealkylation sites (tertiary alicyclic amines) is 1. The lowest BCUT2D eigenvalue weighted by atomic mass is 9.97. The molecular formula is C18H18ClN3O3S. The van der Waals surface area contributed by atoms with E-state index >= 15 is 0 Å². The summed E-state index contributed by atoms with van der Waals surface area (Å²) in [5.74, 6) is -1.20. The van der Waals surface area contributed by atoms with Crippen LogP contribution in [0, 0.1) is 5.92 Å². The molecule has 26 heavy (non-hydrogen) atoms. The molecule has 2 heterocycles. The predicted octanol–water partition coefficient (Wildman–Crippen LogP) is 2.99. The Kier molecular flexibility index (Phi) is 5.58. The molecular weight excluding hydrogens is 374 g/mol. The Morgan fingerprint density at radius 2 is 2.08 bits per heavy atom. The number of hydrogen-bond acceptors (Lipinski definition) is 4. The molecule has 3 amide bonds. The lowest BCUT2D eigenvalue weighted by molar-refractivity contribution is -0.123. The number of halogens is 1. The van der Waals surface area contributed by atoms with Crippen LogP contribution >= 0.6 is 22.9 Å². The first-order chi connectivity index (χ1) is 12.5. The van der Waals surface area contributed by atoms with Crippen molar-refractivity contribution in [2.75, 3.05) is 18.4 Å². The van der Waals surface area contributed by atoms with Crippen LogP contribution in [0.3, 0.4) is 0 Å². The molecule has 2 aromatic rings. The summed E-state index contributed by atoms with van der Waals surface area (Å²) >= 11 is 7.48. The Morgan fingerprint density at radius 1 is 1.27 bits per heavy atom. The smallest absolute Gasteiger partial charge is 0.265 e. The molecule has 1 fully saturated rings. The maximum Gasteiger partial charge on any atom is 0.265 e. The number of hydrogen-bond donors (Lipinski definition) is 2. The number of nitrogens with two attached hydrogens (primary N) is 1. The fourth-order valence-corrected chi connectivity index (χ4v) is 3.71. The average molecular weight is 392 g/mol. The van der Waals surface area contributed by atoms with E-state index in [0.717, 1.165) is 6.42 Å². The summed E-state index contributed by atoms with van der Waals surface area (Å²) in [6.07, 6.45) is 1.43. The Hall–Kier alpha value is -2.38. The first-order valence-electron chi connectivity index (χ1n) is 8.18. The van der Waals surface area contributed by atoms with Crippen LogP contribution < -0.4 is 11.1 Å². The van der Waals surface area contributed by atoms with Crippen molar-refractivity contribution < 1.29 is 14.4 Å². The van der Waals surface area contributed by atoms with Gasteiger partial charge < -0.3 is 16.0 Å². The molecule has 0 bridgehead atoms. The quantitative estimate of drug-likeness (QED) is 0.839. The van der Waals surface area contributed by atoms with Gasteiger partial charge in [-0.25, -0.2) is 0 Å². The summed E-state index contributed by atoms with van der Waals surface area (Å²) in [6.45, 7) is 0.885. The van der Waals surface area contributed by atoms with Gasteiger partial charge in [0.2, 0.25) is 5.91 Å². The van der Waals surface area contributed by atoms with E-state index in [2.05, 4.69) is 5.32 Å². The predicted molar refractivity (Wildman–Crippen MR) is 102 cm³/mol. The van der Waals surface area contributed by atoms with E-state index in [1.54, 1.807) is 35.2 Å². The van der Waals surface area contributed by atoms with Crippen LogP contribution in [-0.2, 0) is 4.79 Å². The number of amides is 3. The molecule has 136 valence electrons. The summed E-state index contributed by atoms with van der Waals surface area (Å²) in [5, 5.41) is 4.89. The summed E-state index contributed by atoms with van der Waals surface area (Å²) in [7, 11) is 0. The van der Waals surface area contributed by atoms with Gasteiger partial charge in [-0.05, 0) is 42.5 Å². The third kappa shape index (κ3) is 4.05. The van der Waals surface area contributed by atoms with E-state index in [1.807, 2.05) is 5.38 Å². The standard InChI is InChI=1S/C18H18ClN3O3S/c19-13-6-5-11(9-14(13)21-17(24)15-4-2-8-26-15)18(25)22-7-1-3-12(10-22)16(20)23/h2,4-6,8-9,12H,1,3,7,10H2,(H2,20,23)(H,21,24). The minimum atomic E-state index is -0.387. The molecule has 0 radical (unpaired) electrons. The van der Waals surface area contributed by atoms with Crippen molar-refractivity contribution in [3.63, 3.8) is 0 Å². The largest absolute Gasteiger partial charge is 0.369 e. The van der Waals surface area contributed by atoms with Crippen LogP contribution in [0.15, 0.2) is 35.7 Å². The van der Waals surface area contributed by atoms with Crippen LogP contribution in [0.1, 0.15) is 32.9 Å². The zero-order chi connectivity index (χ0) is 18.7. The minimum absolute atomic E-state index is 0.209. The molecule has 6 nitrogen and oxygen atoms in total. The lowest BCUT2D eigenvalue weighted by Crippen LogP contribution is -2.44. The Bertz CT molecular complexity index is 838. The van der Waals surface area contributed by atoms with Gasteiger partial charge in [0.05, 0.1) is 21.5 Å². The zero-order valence-corrected chi connectivity index (χ0v) is 15.5. The zero-order valence-electron chi connectivity index (χ0n) is 13.9. The number of rotatable bonds is 4. The number of carbonyl (C=O) groups excluding carboxylic acids is 3. The number of thiophene rings is 1. The first kappa shape index (κ1) is 18.4. The Morgan fingerprint density at radius 3 is 2.77 bits per heavy atom. The molecule has 3 rings (SSSR count). The van der Waals surface area contributed by atoms with Gasteiger partial charge in [-0.2, -0.15) is 0 Å². The topological polar surface area (TPSA) is 92.5 Å². The summed E-state index contributed by atoms with van der Waals surface area (Å²) in [4.78, 5) is 38.6. The second-order valence-corrected chi connectivity index (χ2v) is 7.47. The maximum absolute atomic E-state index is 12.8. The number of piperidine rings is 1. The molecule has 8 heteroatoms. The van der Waals surface area contributed by atoms with Crippen LogP contribution in [0.4, 0.5) is 5.69 Å². The van der Waals surface area contributed by atoms with Crippen molar-refractivity contribution in [3.05, 3.63) is 51.2 Å². The van der Waals surface area contributed by atoms with Gasteiger partial charge in [0.25, 0.3) is 11.8 Å². The van der Waals surface area contributed by atoms with Gasteiger partial charge in [0, 0.05) is 18.7 Å². The van der Waals surface area contributed by atoms with Gasteiger partial charge in [-0.1, -0.05) is 17.7 Å². The first-order valence-corrected chi connectivity index (χ1v) is 9.44. The molecule has 1 aromatic heterocycles. The molecule has 1 atom stereocenters. The number of anilines is 1. The van der Waals surface area contributed by atoms with Gasteiger partial charge in [0.15, 0.2) is 0 Å². The Labute approximate surface area is 159 Å². The molecule has 0 aliphatic carbocycles. The molecule has 3 N–H and O–H groups in total. The van der Waals surface area contributed by atoms with Crippen molar-refractivity contribution >= 4 is 46.3 Å². The molecule has 1 saturated heterocycles. The Balaban J connectivity index is 1.77. The third-order valence-electron chi connectivity index (χ3n) is 4.32. The highest BCUT2D eigenvalue weighted by atomic mass is 35.5. The fraction of sp³-hybridized carbons (Fsp3) is 0.278. The summed E-state index contributed by atoms with van der Waals surface area (Å²) in [5.41, 5.74) is 6.15. The molecule has 1 aromatic carbocycles. The monoisotopic (exact) mass is 391 g/mol. The normalized spacial score (nSPS) is 17.0. The number of primary amides is 1. The molecule has 1 aliphatic heterocycles. The van der Waals surface area contributed by atoms with E-state index < -0.39 is 0 Å². The van der Waals surface area contributed by atoms with Gasteiger partial charge in [-0.15, -0.1) is 11.3 Å². The minimum Gasteiger partial charge on any atom is -0.369 e. The van der Waals surface area contributed by atoms with Crippen molar-refractivity contribution in [2.45, 2.75) is 12.8 Å². The SMILES string of the molecule is NC(=O)C1CCCN(C(=O)c2ccc(Cl)c(NC(=O)c3cccs3)c2)C1. The van der Waals surface area contributed by atoms with Crippen LogP contribution in [-0.4, -0.2) is 35.7 Å². The van der Waals surface area contributed by atoms with E-state index in [9.17, 15) is 14.4 Å². The fourth-order valence-electron chi connectivity index (χ4n) is 2.92. The van der Waals surface area contributed by atoms with Crippen molar-refractivity contribution in [2.24, 2.45) is 11.7 Å². The molecule has 1 aliphatic rings. The summed E-state index contributed by atoms with van der Waals surface area (Å²) in [6, 6.07) is 8.24. The summed E-state index contributed by atoms with van der Waals surface area (Å²) < 4.78 is 0. The second kappa shape index (κ2) is 7.88. The van der Waals surface area contributed by atoms with Crippen LogP contribution in [0.2, 0.25) is 5.02 Å². The molecule has 0 spiro atoms. The van der Waals surface area contributed by atoms with Gasteiger partial charge in [-0.3, -0.25) is 14.4 Å². The van der Waals surface area contributed by atoms with E-state index in [0.29, 0.717) is 40.7 Å².